The van der Waals surface area contributed by atoms with Crippen molar-refractivity contribution >= 4 is 5.91 Å². The largest absolute Gasteiger partial charge is 0.472 e. The molecule has 0 aromatic carbocycles. The predicted octanol–water partition coefficient (Wildman–Crippen LogP) is 1.59. The Labute approximate surface area is 125 Å². The van der Waals surface area contributed by atoms with E-state index in [4.69, 9.17) is 9.15 Å². The molecule has 1 amide bonds. The van der Waals surface area contributed by atoms with E-state index in [1.807, 2.05) is 26.4 Å². The number of furan rings is 1. The van der Waals surface area contributed by atoms with Gasteiger partial charge in [-0.3, -0.25) is 9.69 Å². The minimum Gasteiger partial charge on any atom is -0.472 e. The van der Waals surface area contributed by atoms with E-state index >= 15 is 0 Å². The quantitative estimate of drug-likeness (QED) is 0.849. The Hall–Kier alpha value is -1.33. The van der Waals surface area contributed by atoms with Crippen molar-refractivity contribution in [3.63, 3.8) is 0 Å². The SMILES string of the molecule is CN(C)C(=O)[C@H]1CO[C@H]2CCN(Cc3ccoc3)C[C@H]2C1. The zero-order valence-corrected chi connectivity index (χ0v) is 12.8. The second-order valence-electron chi connectivity index (χ2n) is 6.45. The molecular formula is C16H24N2O3. The highest BCUT2D eigenvalue weighted by molar-refractivity contribution is 5.78. The molecule has 0 radical (unpaired) electrons. The van der Waals surface area contributed by atoms with Crippen LogP contribution in [0.4, 0.5) is 0 Å². The molecule has 3 rings (SSSR count). The van der Waals surface area contributed by atoms with Gasteiger partial charge in [-0.15, -0.1) is 0 Å². The number of rotatable bonds is 3. The Bertz CT molecular complexity index is 472. The van der Waals surface area contributed by atoms with Crippen molar-refractivity contribution in [3.05, 3.63) is 24.2 Å². The first-order valence-corrected chi connectivity index (χ1v) is 7.69. The lowest BCUT2D eigenvalue weighted by Gasteiger charge is -2.43. The van der Waals surface area contributed by atoms with E-state index in [0.717, 1.165) is 32.5 Å². The van der Waals surface area contributed by atoms with Crippen LogP contribution in [0.15, 0.2) is 23.0 Å². The fraction of sp³-hybridized carbons (Fsp3) is 0.688. The number of carbonyl (C=O) groups is 1. The van der Waals surface area contributed by atoms with Gasteiger partial charge in [-0.05, 0) is 24.8 Å². The third-order valence-corrected chi connectivity index (χ3v) is 4.62. The predicted molar refractivity (Wildman–Crippen MR) is 78.6 cm³/mol. The van der Waals surface area contributed by atoms with Crippen LogP contribution in [0.2, 0.25) is 0 Å². The monoisotopic (exact) mass is 292 g/mol. The topological polar surface area (TPSA) is 45.9 Å². The molecule has 0 unspecified atom stereocenters. The van der Waals surface area contributed by atoms with Crippen LogP contribution in [-0.4, -0.2) is 55.6 Å². The molecule has 1 aromatic rings. The molecule has 5 heteroatoms. The first-order valence-electron chi connectivity index (χ1n) is 7.69. The molecule has 0 N–H and O–H groups in total. The Morgan fingerprint density at radius 3 is 3.05 bits per heavy atom. The Balaban J connectivity index is 1.58. The van der Waals surface area contributed by atoms with Crippen molar-refractivity contribution in [1.82, 2.24) is 9.80 Å². The van der Waals surface area contributed by atoms with Gasteiger partial charge < -0.3 is 14.1 Å². The van der Waals surface area contributed by atoms with Crippen LogP contribution in [0.3, 0.4) is 0 Å². The molecule has 0 saturated carbocycles. The molecule has 0 spiro atoms. The van der Waals surface area contributed by atoms with Gasteiger partial charge in [-0.25, -0.2) is 0 Å². The second-order valence-corrected chi connectivity index (χ2v) is 6.45. The number of hydrogen-bond acceptors (Lipinski definition) is 4. The van der Waals surface area contributed by atoms with Crippen LogP contribution in [0, 0.1) is 11.8 Å². The average Bonchev–Trinajstić information content (AvgIpc) is 2.98. The molecule has 0 aliphatic carbocycles. The summed E-state index contributed by atoms with van der Waals surface area (Å²) in [6.45, 7) is 3.57. The van der Waals surface area contributed by atoms with Gasteiger partial charge in [0.1, 0.15) is 0 Å². The maximum Gasteiger partial charge on any atom is 0.227 e. The lowest BCUT2D eigenvalue weighted by atomic mass is 9.83. The maximum atomic E-state index is 12.1. The molecule has 2 aliphatic rings. The van der Waals surface area contributed by atoms with Gasteiger partial charge in [0.25, 0.3) is 0 Å². The highest BCUT2D eigenvalue weighted by atomic mass is 16.5. The number of fused-ring (bicyclic) bond motifs is 1. The van der Waals surface area contributed by atoms with Crippen LogP contribution in [0.25, 0.3) is 0 Å². The van der Waals surface area contributed by atoms with Crippen molar-refractivity contribution in [2.45, 2.75) is 25.5 Å². The summed E-state index contributed by atoms with van der Waals surface area (Å²) in [4.78, 5) is 16.3. The molecule has 0 bridgehead atoms. The van der Waals surface area contributed by atoms with E-state index in [0.29, 0.717) is 18.6 Å². The zero-order valence-electron chi connectivity index (χ0n) is 12.8. The van der Waals surface area contributed by atoms with Gasteiger partial charge >= 0.3 is 0 Å². The normalized spacial score (nSPS) is 29.9. The van der Waals surface area contributed by atoms with E-state index in [1.165, 1.54) is 5.56 Å². The van der Waals surface area contributed by atoms with Gasteiger partial charge in [0.15, 0.2) is 0 Å². The van der Waals surface area contributed by atoms with E-state index in [-0.39, 0.29) is 11.8 Å². The van der Waals surface area contributed by atoms with Gasteiger partial charge in [0.05, 0.1) is 31.2 Å². The number of ether oxygens (including phenoxy) is 1. The minimum atomic E-state index is 0.0233. The molecule has 2 aliphatic heterocycles. The summed E-state index contributed by atoms with van der Waals surface area (Å²) in [6, 6.07) is 2.02. The highest BCUT2D eigenvalue weighted by Gasteiger charge is 2.38. The number of amides is 1. The first kappa shape index (κ1) is 14.6. The maximum absolute atomic E-state index is 12.1. The van der Waals surface area contributed by atoms with Crippen molar-refractivity contribution in [2.75, 3.05) is 33.8 Å². The Kier molecular flexibility index (Phi) is 4.31. The molecule has 2 fully saturated rings. The third kappa shape index (κ3) is 3.30. The van der Waals surface area contributed by atoms with Gasteiger partial charge in [-0.2, -0.15) is 0 Å². The van der Waals surface area contributed by atoms with Crippen molar-refractivity contribution in [3.8, 4) is 0 Å². The van der Waals surface area contributed by atoms with Crippen molar-refractivity contribution in [1.29, 1.82) is 0 Å². The molecule has 2 saturated heterocycles. The number of piperidine rings is 1. The van der Waals surface area contributed by atoms with Gasteiger partial charge in [-0.1, -0.05) is 0 Å². The van der Waals surface area contributed by atoms with E-state index in [9.17, 15) is 4.79 Å². The van der Waals surface area contributed by atoms with Crippen LogP contribution < -0.4 is 0 Å². The fourth-order valence-electron chi connectivity index (χ4n) is 3.53. The Morgan fingerprint density at radius 1 is 1.48 bits per heavy atom. The summed E-state index contributed by atoms with van der Waals surface area (Å²) in [5, 5.41) is 0. The van der Waals surface area contributed by atoms with E-state index in [2.05, 4.69) is 4.90 Å². The summed E-state index contributed by atoms with van der Waals surface area (Å²) < 4.78 is 11.1. The molecule has 21 heavy (non-hydrogen) atoms. The lowest BCUT2D eigenvalue weighted by Crippen LogP contribution is -2.50. The zero-order chi connectivity index (χ0) is 14.8. The summed E-state index contributed by atoms with van der Waals surface area (Å²) in [5.41, 5.74) is 1.21. The van der Waals surface area contributed by atoms with Crippen molar-refractivity contribution < 1.29 is 13.9 Å². The van der Waals surface area contributed by atoms with Gasteiger partial charge in [0.2, 0.25) is 5.91 Å². The fourth-order valence-corrected chi connectivity index (χ4v) is 3.53. The lowest BCUT2D eigenvalue weighted by molar-refractivity contribution is -0.146. The third-order valence-electron chi connectivity index (χ3n) is 4.62. The highest BCUT2D eigenvalue weighted by Crippen LogP contribution is 2.32. The summed E-state index contributed by atoms with van der Waals surface area (Å²) in [6.07, 6.45) is 5.87. The molecule has 3 atom stereocenters. The minimum absolute atomic E-state index is 0.0233. The van der Waals surface area contributed by atoms with Crippen LogP contribution >= 0.6 is 0 Å². The molecule has 116 valence electrons. The van der Waals surface area contributed by atoms with E-state index < -0.39 is 0 Å². The number of nitrogens with zero attached hydrogens (tertiary/aromatic N) is 2. The number of hydrogen-bond donors (Lipinski definition) is 0. The average molecular weight is 292 g/mol. The van der Waals surface area contributed by atoms with Crippen LogP contribution in [-0.2, 0) is 16.1 Å². The molecular weight excluding hydrogens is 268 g/mol. The molecule has 3 heterocycles. The number of carbonyl (C=O) groups excluding carboxylic acids is 1. The smallest absolute Gasteiger partial charge is 0.227 e. The second kappa shape index (κ2) is 6.20. The van der Waals surface area contributed by atoms with E-state index in [1.54, 1.807) is 11.2 Å². The van der Waals surface area contributed by atoms with Crippen molar-refractivity contribution in [2.24, 2.45) is 11.8 Å². The summed E-state index contributed by atoms with van der Waals surface area (Å²) in [5.74, 6) is 0.684. The standard InChI is InChI=1S/C16H24N2O3/c1-17(2)16(19)14-7-13-9-18(5-3-15(13)21-11-14)8-12-4-6-20-10-12/h4,6,10,13-15H,3,5,7-9,11H2,1-2H3/t13-,14-,15+/m1/s1. The summed E-state index contributed by atoms with van der Waals surface area (Å²) in [7, 11) is 3.64. The summed E-state index contributed by atoms with van der Waals surface area (Å²) >= 11 is 0. The number of likely N-dealkylation sites (tertiary alicyclic amines) is 1. The Morgan fingerprint density at radius 2 is 2.33 bits per heavy atom. The first-order chi connectivity index (χ1) is 10.1. The molecule has 1 aromatic heterocycles. The van der Waals surface area contributed by atoms with Gasteiger partial charge in [0, 0.05) is 39.3 Å². The van der Waals surface area contributed by atoms with Crippen LogP contribution in [0.1, 0.15) is 18.4 Å². The molecule has 5 nitrogen and oxygen atoms in total. The van der Waals surface area contributed by atoms with Crippen LogP contribution in [0.5, 0.6) is 0 Å².